The molecule has 0 bridgehead atoms. The van der Waals surface area contributed by atoms with E-state index in [2.05, 4.69) is 4.98 Å². The summed E-state index contributed by atoms with van der Waals surface area (Å²) < 4.78 is 13.2. The summed E-state index contributed by atoms with van der Waals surface area (Å²) in [5.74, 6) is -0.318. The Balaban J connectivity index is 1.56. The zero-order valence-electron chi connectivity index (χ0n) is 14.1. The van der Waals surface area contributed by atoms with Gasteiger partial charge in [-0.3, -0.25) is 9.78 Å². The molecule has 1 N–H and O–H groups in total. The lowest BCUT2D eigenvalue weighted by atomic mass is 10.0. The van der Waals surface area contributed by atoms with Crippen molar-refractivity contribution < 1.29 is 14.3 Å². The second-order valence-electron chi connectivity index (χ2n) is 6.56. The molecule has 2 aromatic rings. The third-order valence-corrected chi connectivity index (χ3v) is 4.77. The van der Waals surface area contributed by atoms with Gasteiger partial charge in [0.15, 0.2) is 0 Å². The van der Waals surface area contributed by atoms with Crippen LogP contribution < -0.4 is 0 Å². The zero-order valence-corrected chi connectivity index (χ0v) is 14.1. The summed E-state index contributed by atoms with van der Waals surface area (Å²) >= 11 is 0. The van der Waals surface area contributed by atoms with Gasteiger partial charge in [-0.1, -0.05) is 30.3 Å². The van der Waals surface area contributed by atoms with Crippen molar-refractivity contribution in [2.24, 2.45) is 0 Å². The van der Waals surface area contributed by atoms with E-state index in [0.717, 1.165) is 36.7 Å². The van der Waals surface area contributed by atoms with Crippen molar-refractivity contribution in [3.05, 3.63) is 65.7 Å². The predicted molar refractivity (Wildman–Crippen MR) is 93.3 cm³/mol. The number of hydrogen-bond donors (Lipinski definition) is 1. The van der Waals surface area contributed by atoms with Gasteiger partial charge in [-0.25, -0.2) is 4.39 Å². The molecule has 1 aromatic carbocycles. The normalized spacial score (nSPS) is 18.3. The van der Waals surface area contributed by atoms with Crippen LogP contribution in [-0.2, 0) is 11.2 Å². The standard InChI is InChI=1S/C20H23FN2O2/c21-17-11-15(13-22-14-17)8-9-20(25)23-10-4-7-18(23)12-19(24)16-5-2-1-3-6-16/h1-3,5-6,11,13-14,18-19,24H,4,7-10,12H2. The zero-order chi connectivity index (χ0) is 17.6. The third-order valence-electron chi connectivity index (χ3n) is 4.77. The number of carbonyl (C=O) groups excluding carboxylic acids is 1. The molecule has 5 heteroatoms. The van der Waals surface area contributed by atoms with Crippen molar-refractivity contribution in [1.82, 2.24) is 9.88 Å². The van der Waals surface area contributed by atoms with Crippen LogP contribution in [0.4, 0.5) is 4.39 Å². The Morgan fingerprint density at radius 1 is 1.32 bits per heavy atom. The van der Waals surface area contributed by atoms with Crippen LogP contribution in [0.1, 0.15) is 42.9 Å². The van der Waals surface area contributed by atoms with E-state index < -0.39 is 6.10 Å². The maximum absolute atomic E-state index is 13.2. The van der Waals surface area contributed by atoms with E-state index in [1.165, 1.54) is 6.07 Å². The van der Waals surface area contributed by atoms with Crippen molar-refractivity contribution in [2.45, 2.75) is 44.2 Å². The van der Waals surface area contributed by atoms with Crippen molar-refractivity contribution in [2.75, 3.05) is 6.54 Å². The summed E-state index contributed by atoms with van der Waals surface area (Å²) in [6, 6.07) is 11.0. The van der Waals surface area contributed by atoms with Gasteiger partial charge in [-0.2, -0.15) is 0 Å². The number of rotatable bonds is 6. The van der Waals surface area contributed by atoms with Crippen LogP contribution in [0.5, 0.6) is 0 Å². The summed E-state index contributed by atoms with van der Waals surface area (Å²) in [4.78, 5) is 18.3. The highest BCUT2D eigenvalue weighted by atomic mass is 19.1. The highest BCUT2D eigenvalue weighted by Crippen LogP contribution is 2.28. The lowest BCUT2D eigenvalue weighted by molar-refractivity contribution is -0.132. The molecule has 25 heavy (non-hydrogen) atoms. The average Bonchev–Trinajstić information content (AvgIpc) is 3.08. The molecule has 1 amide bonds. The number of likely N-dealkylation sites (tertiary alicyclic amines) is 1. The van der Waals surface area contributed by atoms with Gasteiger partial charge in [-0.05, 0) is 42.9 Å². The van der Waals surface area contributed by atoms with Gasteiger partial charge in [0, 0.05) is 25.2 Å². The maximum atomic E-state index is 13.2. The molecule has 1 aliphatic heterocycles. The van der Waals surface area contributed by atoms with Crippen molar-refractivity contribution in [1.29, 1.82) is 0 Å². The Bertz CT molecular complexity index is 708. The molecule has 0 spiro atoms. The fourth-order valence-corrected chi connectivity index (χ4v) is 3.47. The molecule has 2 atom stereocenters. The van der Waals surface area contributed by atoms with Crippen LogP contribution in [0.2, 0.25) is 0 Å². The van der Waals surface area contributed by atoms with Crippen LogP contribution in [0.15, 0.2) is 48.8 Å². The van der Waals surface area contributed by atoms with E-state index in [1.54, 1.807) is 6.20 Å². The molecule has 0 saturated carbocycles. The molecule has 3 rings (SSSR count). The highest BCUT2D eigenvalue weighted by Gasteiger charge is 2.30. The minimum absolute atomic E-state index is 0.0621. The molecule has 2 unspecified atom stereocenters. The highest BCUT2D eigenvalue weighted by molar-refractivity contribution is 5.77. The third kappa shape index (κ3) is 4.63. The van der Waals surface area contributed by atoms with Gasteiger partial charge in [0.1, 0.15) is 5.82 Å². The molecule has 1 fully saturated rings. The van der Waals surface area contributed by atoms with Crippen LogP contribution in [-0.4, -0.2) is 33.5 Å². The quantitative estimate of drug-likeness (QED) is 0.877. The van der Waals surface area contributed by atoms with E-state index >= 15 is 0 Å². The number of nitrogens with zero attached hydrogens (tertiary/aromatic N) is 2. The minimum atomic E-state index is -0.563. The summed E-state index contributed by atoms with van der Waals surface area (Å²) in [7, 11) is 0. The Morgan fingerprint density at radius 3 is 2.88 bits per heavy atom. The number of benzene rings is 1. The van der Waals surface area contributed by atoms with Crippen LogP contribution in [0.3, 0.4) is 0 Å². The van der Waals surface area contributed by atoms with Gasteiger partial charge < -0.3 is 10.0 Å². The average molecular weight is 342 g/mol. The first kappa shape index (κ1) is 17.5. The number of carbonyl (C=O) groups is 1. The fourth-order valence-electron chi connectivity index (χ4n) is 3.47. The smallest absolute Gasteiger partial charge is 0.223 e. The van der Waals surface area contributed by atoms with Crippen LogP contribution in [0.25, 0.3) is 0 Å². The molecule has 1 aromatic heterocycles. The summed E-state index contributed by atoms with van der Waals surface area (Å²) in [5.41, 5.74) is 1.61. The molecule has 4 nitrogen and oxygen atoms in total. The predicted octanol–water partition coefficient (Wildman–Crippen LogP) is 3.27. The lowest BCUT2D eigenvalue weighted by Crippen LogP contribution is -2.36. The maximum Gasteiger partial charge on any atom is 0.223 e. The Kier molecular flexibility index (Phi) is 5.76. The number of aliphatic hydroxyl groups is 1. The van der Waals surface area contributed by atoms with Gasteiger partial charge in [0.2, 0.25) is 5.91 Å². The Hall–Kier alpha value is -2.27. The Morgan fingerprint density at radius 2 is 2.12 bits per heavy atom. The first-order valence-electron chi connectivity index (χ1n) is 8.75. The van der Waals surface area contributed by atoms with Crippen molar-refractivity contribution in [3.63, 3.8) is 0 Å². The second kappa shape index (κ2) is 8.21. The second-order valence-corrected chi connectivity index (χ2v) is 6.56. The molecular weight excluding hydrogens is 319 g/mol. The fraction of sp³-hybridized carbons (Fsp3) is 0.400. The molecule has 1 saturated heterocycles. The molecule has 132 valence electrons. The first-order valence-corrected chi connectivity index (χ1v) is 8.75. The van der Waals surface area contributed by atoms with Gasteiger partial charge in [-0.15, -0.1) is 0 Å². The number of halogens is 1. The number of aliphatic hydroxyl groups excluding tert-OH is 1. The number of aryl methyl sites for hydroxylation is 1. The van der Waals surface area contributed by atoms with Gasteiger partial charge in [0.05, 0.1) is 12.3 Å². The van der Waals surface area contributed by atoms with E-state index in [9.17, 15) is 14.3 Å². The van der Waals surface area contributed by atoms with Gasteiger partial charge >= 0.3 is 0 Å². The molecule has 0 aliphatic carbocycles. The Labute approximate surface area is 147 Å². The van der Waals surface area contributed by atoms with Gasteiger partial charge in [0.25, 0.3) is 0 Å². The van der Waals surface area contributed by atoms with E-state index in [-0.39, 0.29) is 17.8 Å². The summed E-state index contributed by atoms with van der Waals surface area (Å²) in [6.45, 7) is 0.729. The van der Waals surface area contributed by atoms with E-state index in [4.69, 9.17) is 0 Å². The molecular formula is C20H23FN2O2. The molecule has 1 aliphatic rings. The monoisotopic (exact) mass is 342 g/mol. The van der Waals surface area contributed by atoms with Crippen LogP contribution in [0, 0.1) is 5.82 Å². The number of aromatic nitrogens is 1. The van der Waals surface area contributed by atoms with Crippen molar-refractivity contribution >= 4 is 5.91 Å². The number of amides is 1. The molecule has 2 heterocycles. The molecule has 0 radical (unpaired) electrons. The number of hydrogen-bond acceptors (Lipinski definition) is 3. The minimum Gasteiger partial charge on any atom is -0.388 e. The topological polar surface area (TPSA) is 53.4 Å². The number of pyridine rings is 1. The van der Waals surface area contributed by atoms with Crippen molar-refractivity contribution in [3.8, 4) is 0 Å². The van der Waals surface area contributed by atoms with E-state index in [1.807, 2.05) is 35.2 Å². The van der Waals surface area contributed by atoms with E-state index in [0.29, 0.717) is 19.3 Å². The summed E-state index contributed by atoms with van der Waals surface area (Å²) in [6.07, 6.45) is 5.43. The lowest BCUT2D eigenvalue weighted by Gasteiger charge is -2.27. The first-order chi connectivity index (χ1) is 12.1. The largest absolute Gasteiger partial charge is 0.388 e. The van der Waals surface area contributed by atoms with Crippen LogP contribution >= 0.6 is 0 Å². The summed E-state index contributed by atoms with van der Waals surface area (Å²) in [5, 5.41) is 10.4. The SMILES string of the molecule is O=C(CCc1cncc(F)c1)N1CCCC1CC(O)c1ccccc1.